The topological polar surface area (TPSA) is 79.8 Å². The molecule has 7 heteroatoms. The van der Waals surface area contributed by atoms with Gasteiger partial charge in [-0.25, -0.2) is 9.82 Å². The number of rotatable bonds is 3. The number of carbonyl (C=O) groups excluding carboxylic acids is 2. The number of amides is 2. The van der Waals surface area contributed by atoms with Crippen LogP contribution in [0.1, 0.15) is 12.5 Å². The molecule has 0 aromatic heterocycles. The first-order valence-corrected chi connectivity index (χ1v) is 7.18. The summed E-state index contributed by atoms with van der Waals surface area (Å²) in [6.07, 6.45) is 1.16. The smallest absolute Gasteiger partial charge is 0.293 e. The van der Waals surface area contributed by atoms with Crippen molar-refractivity contribution in [1.82, 2.24) is 5.43 Å². The second kappa shape index (κ2) is 6.11. The molecule has 0 bridgehead atoms. The van der Waals surface area contributed by atoms with E-state index in [9.17, 15) is 14.0 Å². The summed E-state index contributed by atoms with van der Waals surface area (Å²) >= 11 is 0. The Labute approximate surface area is 137 Å². The summed E-state index contributed by atoms with van der Waals surface area (Å²) in [6.45, 7) is 1.34. The van der Waals surface area contributed by atoms with E-state index >= 15 is 0 Å². The largest absolute Gasteiger partial charge is 0.465 e. The summed E-state index contributed by atoms with van der Waals surface area (Å²) < 4.78 is 19.0. The van der Waals surface area contributed by atoms with Crippen molar-refractivity contribution in [2.75, 3.05) is 5.32 Å². The normalized spacial score (nSPS) is 19.3. The third-order valence-electron chi connectivity index (χ3n) is 3.59. The number of fused-ring (bicyclic) bond motifs is 1. The van der Waals surface area contributed by atoms with Gasteiger partial charge in [0.05, 0.1) is 11.9 Å². The minimum absolute atomic E-state index is 0.210. The van der Waals surface area contributed by atoms with Gasteiger partial charge in [-0.2, -0.15) is 5.10 Å². The van der Waals surface area contributed by atoms with Crippen LogP contribution in [0, 0.1) is 5.82 Å². The lowest BCUT2D eigenvalue weighted by Gasteiger charge is -2.32. The fourth-order valence-corrected chi connectivity index (χ4v) is 2.16. The molecule has 0 saturated heterocycles. The minimum Gasteiger partial charge on any atom is -0.465 e. The first kappa shape index (κ1) is 15.7. The monoisotopic (exact) mass is 327 g/mol. The van der Waals surface area contributed by atoms with Gasteiger partial charge in [0, 0.05) is 5.56 Å². The number of nitrogens with one attached hydrogen (secondary N) is 2. The maximum absolute atomic E-state index is 13.5. The summed E-state index contributed by atoms with van der Waals surface area (Å²) in [5.41, 5.74) is 1.13. The Balaban J connectivity index is 1.75. The molecule has 2 aromatic carbocycles. The quantitative estimate of drug-likeness (QED) is 0.514. The van der Waals surface area contributed by atoms with Crippen LogP contribution in [0.2, 0.25) is 0 Å². The highest BCUT2D eigenvalue weighted by Crippen LogP contribution is 2.33. The van der Waals surface area contributed by atoms with Gasteiger partial charge in [-0.1, -0.05) is 30.3 Å². The number of hydrogen-bond acceptors (Lipinski definition) is 4. The van der Waals surface area contributed by atoms with Crippen LogP contribution in [0.25, 0.3) is 0 Å². The van der Waals surface area contributed by atoms with Crippen molar-refractivity contribution in [2.24, 2.45) is 5.10 Å². The molecule has 3 rings (SSSR count). The van der Waals surface area contributed by atoms with Gasteiger partial charge in [-0.15, -0.1) is 0 Å². The number of carbonyl (C=O) groups is 2. The van der Waals surface area contributed by atoms with Gasteiger partial charge < -0.3 is 10.1 Å². The van der Waals surface area contributed by atoms with Gasteiger partial charge in [0.15, 0.2) is 0 Å². The van der Waals surface area contributed by atoms with E-state index in [0.717, 1.165) is 6.21 Å². The number of hydrazone groups is 1. The number of nitrogens with zero attached hydrogens (tertiary/aromatic N) is 1. The van der Waals surface area contributed by atoms with E-state index in [1.807, 2.05) is 0 Å². The molecule has 0 unspecified atom stereocenters. The molecule has 1 aliphatic rings. The molecular weight excluding hydrogens is 313 g/mol. The summed E-state index contributed by atoms with van der Waals surface area (Å²) in [4.78, 5) is 24.5. The molecule has 0 radical (unpaired) electrons. The Kier molecular flexibility index (Phi) is 3.99. The van der Waals surface area contributed by atoms with E-state index in [-0.39, 0.29) is 5.56 Å². The molecule has 0 saturated carbocycles. The summed E-state index contributed by atoms with van der Waals surface area (Å²) in [7, 11) is 0. The average Bonchev–Trinajstić information content (AvgIpc) is 2.57. The Morgan fingerprint density at radius 2 is 1.96 bits per heavy atom. The predicted molar refractivity (Wildman–Crippen MR) is 86.2 cm³/mol. The summed E-state index contributed by atoms with van der Waals surface area (Å²) in [5, 5.41) is 6.30. The first-order chi connectivity index (χ1) is 11.5. The molecule has 2 amide bonds. The van der Waals surface area contributed by atoms with E-state index in [1.165, 1.54) is 19.1 Å². The lowest BCUT2D eigenvalue weighted by Crippen LogP contribution is -2.57. The molecule has 0 fully saturated rings. The number of para-hydroxylation sites is 2. The van der Waals surface area contributed by atoms with Gasteiger partial charge in [-0.05, 0) is 25.1 Å². The molecule has 24 heavy (non-hydrogen) atoms. The van der Waals surface area contributed by atoms with Crippen molar-refractivity contribution in [1.29, 1.82) is 0 Å². The van der Waals surface area contributed by atoms with E-state index in [2.05, 4.69) is 15.8 Å². The van der Waals surface area contributed by atoms with Crippen molar-refractivity contribution in [3.63, 3.8) is 0 Å². The summed E-state index contributed by atoms with van der Waals surface area (Å²) in [5.74, 6) is -1.46. The maximum atomic E-state index is 13.5. The SMILES string of the molecule is C[C@@]1(C(=O)N/N=C\c2ccccc2F)Oc2ccccc2NC1=O. The van der Waals surface area contributed by atoms with Crippen LogP contribution in [0.15, 0.2) is 53.6 Å². The fourth-order valence-electron chi connectivity index (χ4n) is 2.16. The van der Waals surface area contributed by atoms with Gasteiger partial charge in [-0.3, -0.25) is 9.59 Å². The molecule has 1 heterocycles. The van der Waals surface area contributed by atoms with Crippen molar-refractivity contribution in [3.8, 4) is 5.75 Å². The fraction of sp³-hybridized carbons (Fsp3) is 0.118. The molecule has 6 nitrogen and oxygen atoms in total. The summed E-state index contributed by atoms with van der Waals surface area (Å²) in [6, 6.07) is 12.7. The Morgan fingerprint density at radius 1 is 1.25 bits per heavy atom. The van der Waals surface area contributed by atoms with Gasteiger partial charge in [0.2, 0.25) is 0 Å². The Bertz CT molecular complexity index is 837. The highest BCUT2D eigenvalue weighted by molar-refractivity contribution is 6.15. The Hall–Kier alpha value is -3.22. The zero-order valence-electron chi connectivity index (χ0n) is 12.7. The highest BCUT2D eigenvalue weighted by Gasteiger charge is 2.47. The van der Waals surface area contributed by atoms with Crippen LogP contribution in [-0.2, 0) is 9.59 Å². The van der Waals surface area contributed by atoms with Crippen LogP contribution < -0.4 is 15.5 Å². The number of hydrogen-bond donors (Lipinski definition) is 2. The number of anilines is 1. The van der Waals surface area contributed by atoms with Gasteiger partial charge >= 0.3 is 0 Å². The molecule has 0 spiro atoms. The second-order valence-electron chi connectivity index (χ2n) is 5.31. The van der Waals surface area contributed by atoms with Crippen molar-refractivity contribution in [3.05, 3.63) is 59.9 Å². The van der Waals surface area contributed by atoms with Gasteiger partial charge in [0.25, 0.3) is 17.4 Å². The molecule has 1 atom stereocenters. The lowest BCUT2D eigenvalue weighted by molar-refractivity contribution is -0.146. The molecule has 122 valence electrons. The Morgan fingerprint density at radius 3 is 2.75 bits per heavy atom. The molecular formula is C17H14FN3O3. The second-order valence-corrected chi connectivity index (χ2v) is 5.31. The van der Waals surface area contributed by atoms with E-state index in [4.69, 9.17) is 4.74 Å². The third-order valence-corrected chi connectivity index (χ3v) is 3.59. The van der Waals surface area contributed by atoms with Crippen LogP contribution >= 0.6 is 0 Å². The molecule has 2 aromatic rings. The number of ether oxygens (including phenoxy) is 1. The van der Waals surface area contributed by atoms with Crippen LogP contribution in [-0.4, -0.2) is 23.6 Å². The third kappa shape index (κ3) is 2.83. The number of halogens is 1. The van der Waals surface area contributed by atoms with Crippen LogP contribution in [0.5, 0.6) is 5.75 Å². The average molecular weight is 327 g/mol. The molecule has 0 aliphatic carbocycles. The first-order valence-electron chi connectivity index (χ1n) is 7.18. The predicted octanol–water partition coefficient (Wildman–Crippen LogP) is 2.07. The highest BCUT2D eigenvalue weighted by atomic mass is 19.1. The minimum atomic E-state index is -1.78. The van der Waals surface area contributed by atoms with E-state index < -0.39 is 23.2 Å². The standard InChI is InChI=1S/C17H14FN3O3/c1-17(15(22)20-13-8-4-5-9-14(13)24-17)16(23)21-19-10-11-6-2-3-7-12(11)18/h2-10H,1H3,(H,20,22)(H,21,23)/b19-10-/t17-/m1/s1. The van der Waals surface area contributed by atoms with Crippen molar-refractivity contribution < 1.29 is 18.7 Å². The molecule has 1 aliphatic heterocycles. The zero-order valence-corrected chi connectivity index (χ0v) is 12.7. The van der Waals surface area contributed by atoms with Crippen molar-refractivity contribution >= 4 is 23.7 Å². The van der Waals surface area contributed by atoms with Crippen molar-refractivity contribution in [2.45, 2.75) is 12.5 Å². The van der Waals surface area contributed by atoms with Gasteiger partial charge in [0.1, 0.15) is 11.6 Å². The number of benzene rings is 2. The molecule has 2 N–H and O–H groups in total. The zero-order chi connectivity index (χ0) is 17.2. The van der Waals surface area contributed by atoms with E-state index in [1.54, 1.807) is 36.4 Å². The maximum Gasteiger partial charge on any atom is 0.293 e. The van der Waals surface area contributed by atoms with Crippen LogP contribution in [0.3, 0.4) is 0 Å². The lowest BCUT2D eigenvalue weighted by atomic mass is 10.0. The van der Waals surface area contributed by atoms with Crippen LogP contribution in [0.4, 0.5) is 10.1 Å². The van der Waals surface area contributed by atoms with E-state index in [0.29, 0.717) is 11.4 Å².